The smallest absolute Gasteiger partial charge is 0.272 e. The number of rotatable bonds is 8. The van der Waals surface area contributed by atoms with E-state index in [9.17, 15) is 9.59 Å². The molecular weight excluding hydrogens is 404 g/mol. The number of carbonyl (C=O) groups excluding carboxylic acids is 1. The van der Waals surface area contributed by atoms with Crippen LogP contribution in [0.15, 0.2) is 51.1 Å². The zero-order valence-electron chi connectivity index (χ0n) is 16.3. The molecule has 4 aromatic rings. The van der Waals surface area contributed by atoms with E-state index in [1.54, 1.807) is 18.2 Å². The molecule has 0 aliphatic carbocycles. The molecule has 0 aliphatic rings. The van der Waals surface area contributed by atoms with Gasteiger partial charge in [0.25, 0.3) is 5.56 Å². The van der Waals surface area contributed by atoms with E-state index in [0.29, 0.717) is 41.3 Å². The van der Waals surface area contributed by atoms with Gasteiger partial charge >= 0.3 is 0 Å². The van der Waals surface area contributed by atoms with Crippen LogP contribution >= 0.6 is 11.3 Å². The van der Waals surface area contributed by atoms with Gasteiger partial charge in [-0.1, -0.05) is 36.3 Å². The molecule has 0 aliphatic heterocycles. The maximum Gasteiger partial charge on any atom is 0.272 e. The number of fused-ring (bicyclic) bond motifs is 1. The SMILES string of the molecule is CCCN(Nc1n[nH]c(=O)c2ccccc12)C(=O)CCc1nc(-c2cccs2)no1. The zero-order chi connectivity index (χ0) is 20.9. The largest absolute Gasteiger partial charge is 0.339 e. The van der Waals surface area contributed by atoms with Crippen LogP contribution in [-0.4, -0.2) is 37.8 Å². The maximum absolute atomic E-state index is 12.8. The number of amides is 1. The second-order valence-corrected chi connectivity index (χ2v) is 7.54. The van der Waals surface area contributed by atoms with Crippen LogP contribution in [0.2, 0.25) is 0 Å². The molecule has 0 unspecified atom stereocenters. The number of anilines is 1. The lowest BCUT2D eigenvalue weighted by molar-refractivity contribution is -0.130. The van der Waals surface area contributed by atoms with Crippen molar-refractivity contribution in [3.8, 4) is 10.7 Å². The molecule has 10 heteroatoms. The molecule has 0 saturated carbocycles. The first kappa shape index (κ1) is 19.8. The van der Waals surface area contributed by atoms with E-state index in [1.807, 2.05) is 30.5 Å². The van der Waals surface area contributed by atoms with E-state index in [0.717, 1.165) is 11.3 Å². The molecule has 0 radical (unpaired) electrons. The second kappa shape index (κ2) is 8.87. The Balaban J connectivity index is 1.46. The van der Waals surface area contributed by atoms with Gasteiger partial charge in [-0.05, 0) is 23.9 Å². The fourth-order valence-corrected chi connectivity index (χ4v) is 3.65. The minimum absolute atomic E-state index is 0.134. The number of carbonyl (C=O) groups is 1. The number of benzene rings is 1. The molecule has 30 heavy (non-hydrogen) atoms. The summed E-state index contributed by atoms with van der Waals surface area (Å²) < 4.78 is 5.27. The number of H-pyrrole nitrogens is 1. The van der Waals surface area contributed by atoms with Crippen LogP contribution < -0.4 is 11.0 Å². The van der Waals surface area contributed by atoms with Gasteiger partial charge in [-0.15, -0.1) is 11.3 Å². The number of aromatic nitrogens is 4. The van der Waals surface area contributed by atoms with Gasteiger partial charge in [-0.3, -0.25) is 20.0 Å². The summed E-state index contributed by atoms with van der Waals surface area (Å²) in [7, 11) is 0. The molecule has 0 fully saturated rings. The molecule has 9 nitrogen and oxygen atoms in total. The predicted molar refractivity (Wildman–Crippen MR) is 114 cm³/mol. The Morgan fingerprint density at radius 3 is 2.83 bits per heavy atom. The Morgan fingerprint density at radius 2 is 2.07 bits per heavy atom. The minimum atomic E-state index is -0.276. The van der Waals surface area contributed by atoms with Gasteiger partial charge in [0.2, 0.25) is 17.6 Å². The van der Waals surface area contributed by atoms with Crippen molar-refractivity contribution < 1.29 is 9.32 Å². The summed E-state index contributed by atoms with van der Waals surface area (Å²) in [5.74, 6) is 1.23. The first-order valence-electron chi connectivity index (χ1n) is 9.56. The first-order chi connectivity index (χ1) is 14.7. The maximum atomic E-state index is 12.8. The fraction of sp³-hybridized carbons (Fsp3) is 0.250. The van der Waals surface area contributed by atoms with E-state index in [-0.39, 0.29) is 17.9 Å². The highest BCUT2D eigenvalue weighted by molar-refractivity contribution is 7.13. The Bertz CT molecular complexity index is 1200. The van der Waals surface area contributed by atoms with Crippen molar-refractivity contribution in [1.82, 2.24) is 25.3 Å². The van der Waals surface area contributed by atoms with E-state index in [4.69, 9.17) is 4.52 Å². The third kappa shape index (κ3) is 4.23. The number of hydrogen-bond acceptors (Lipinski definition) is 8. The standard InChI is InChI=1S/C20H20N6O3S/c1-2-11-26(24-18-13-6-3-4-7-14(13)20(28)23-22-18)17(27)10-9-16-21-19(25-29-16)15-8-5-12-30-15/h3-8,12H,2,9-11H2,1H3,(H,22,24)(H,23,28). The van der Waals surface area contributed by atoms with Crippen molar-refractivity contribution in [3.05, 3.63) is 58.0 Å². The van der Waals surface area contributed by atoms with Crippen molar-refractivity contribution >= 4 is 33.8 Å². The zero-order valence-corrected chi connectivity index (χ0v) is 17.1. The van der Waals surface area contributed by atoms with Gasteiger partial charge in [0, 0.05) is 24.8 Å². The number of aromatic amines is 1. The van der Waals surface area contributed by atoms with Crippen LogP contribution in [0, 0.1) is 0 Å². The van der Waals surface area contributed by atoms with Crippen LogP contribution in [0.3, 0.4) is 0 Å². The molecule has 0 saturated heterocycles. The van der Waals surface area contributed by atoms with Gasteiger partial charge in [-0.25, -0.2) is 5.10 Å². The third-order valence-corrected chi connectivity index (χ3v) is 5.31. The molecule has 0 spiro atoms. The van der Waals surface area contributed by atoms with Gasteiger partial charge < -0.3 is 4.52 Å². The summed E-state index contributed by atoms with van der Waals surface area (Å²) in [4.78, 5) is 30.1. The van der Waals surface area contributed by atoms with Crippen LogP contribution in [0.4, 0.5) is 5.82 Å². The summed E-state index contributed by atoms with van der Waals surface area (Å²) in [6.45, 7) is 2.46. The summed E-state index contributed by atoms with van der Waals surface area (Å²) in [6, 6.07) is 10.9. The molecule has 2 N–H and O–H groups in total. The van der Waals surface area contributed by atoms with Gasteiger partial charge in [-0.2, -0.15) is 10.1 Å². The highest BCUT2D eigenvalue weighted by Gasteiger charge is 2.18. The Hall–Kier alpha value is -3.53. The second-order valence-electron chi connectivity index (χ2n) is 6.59. The normalized spacial score (nSPS) is 11.0. The number of hydrogen-bond donors (Lipinski definition) is 2. The molecular formula is C20H20N6O3S. The summed E-state index contributed by atoms with van der Waals surface area (Å²) >= 11 is 1.53. The molecule has 1 amide bonds. The molecule has 3 heterocycles. The van der Waals surface area contributed by atoms with Crippen molar-refractivity contribution in [1.29, 1.82) is 0 Å². The van der Waals surface area contributed by atoms with Crippen molar-refractivity contribution in [3.63, 3.8) is 0 Å². The monoisotopic (exact) mass is 424 g/mol. The Morgan fingerprint density at radius 1 is 1.23 bits per heavy atom. The quantitative estimate of drug-likeness (QED) is 0.417. The van der Waals surface area contributed by atoms with Crippen LogP contribution in [0.5, 0.6) is 0 Å². The Kier molecular flexibility index (Phi) is 5.84. The van der Waals surface area contributed by atoms with Crippen LogP contribution in [0.1, 0.15) is 25.7 Å². The van der Waals surface area contributed by atoms with Crippen LogP contribution in [0.25, 0.3) is 21.5 Å². The lowest BCUT2D eigenvalue weighted by Gasteiger charge is -2.23. The third-order valence-electron chi connectivity index (χ3n) is 4.45. The molecule has 1 aromatic carbocycles. The summed E-state index contributed by atoms with van der Waals surface area (Å²) in [5.41, 5.74) is 2.78. The molecule has 0 atom stereocenters. The lowest BCUT2D eigenvalue weighted by Crippen LogP contribution is -2.37. The van der Waals surface area contributed by atoms with E-state index >= 15 is 0 Å². The van der Waals surface area contributed by atoms with E-state index in [2.05, 4.69) is 25.8 Å². The number of nitrogens with one attached hydrogen (secondary N) is 2. The topological polar surface area (TPSA) is 117 Å². The minimum Gasteiger partial charge on any atom is -0.339 e. The average Bonchev–Trinajstić information content (AvgIpc) is 3.45. The fourth-order valence-electron chi connectivity index (χ4n) is 3.01. The van der Waals surface area contributed by atoms with Crippen molar-refractivity contribution in [2.75, 3.05) is 12.0 Å². The summed E-state index contributed by atoms with van der Waals surface area (Å²) in [5, 5.41) is 15.1. The molecule has 3 aromatic heterocycles. The first-order valence-corrected chi connectivity index (χ1v) is 10.4. The van der Waals surface area contributed by atoms with E-state index < -0.39 is 0 Å². The van der Waals surface area contributed by atoms with E-state index in [1.165, 1.54) is 16.3 Å². The number of thiophene rings is 1. The Labute approximate surface area is 175 Å². The highest BCUT2D eigenvalue weighted by atomic mass is 32.1. The summed E-state index contributed by atoms with van der Waals surface area (Å²) in [6.07, 6.45) is 1.28. The molecule has 4 rings (SSSR count). The van der Waals surface area contributed by atoms with Gasteiger partial charge in [0.05, 0.1) is 10.3 Å². The lowest BCUT2D eigenvalue weighted by atomic mass is 10.2. The van der Waals surface area contributed by atoms with Crippen molar-refractivity contribution in [2.24, 2.45) is 0 Å². The number of hydrazine groups is 1. The highest BCUT2D eigenvalue weighted by Crippen LogP contribution is 2.22. The number of aryl methyl sites for hydroxylation is 1. The van der Waals surface area contributed by atoms with Gasteiger partial charge in [0.15, 0.2) is 5.82 Å². The molecule has 0 bridgehead atoms. The number of nitrogens with zero attached hydrogens (tertiary/aromatic N) is 4. The van der Waals surface area contributed by atoms with Crippen molar-refractivity contribution in [2.45, 2.75) is 26.2 Å². The van der Waals surface area contributed by atoms with Gasteiger partial charge in [0.1, 0.15) is 0 Å². The molecule has 154 valence electrons. The van der Waals surface area contributed by atoms with Crippen LogP contribution in [-0.2, 0) is 11.2 Å². The predicted octanol–water partition coefficient (Wildman–Crippen LogP) is 3.23. The average molecular weight is 424 g/mol.